The summed E-state index contributed by atoms with van der Waals surface area (Å²) in [5.41, 5.74) is 0. The third-order valence-electron chi connectivity index (χ3n) is 4.38. The lowest BCUT2D eigenvalue weighted by Crippen LogP contribution is -2.55. The number of hydrogen-bond acceptors (Lipinski definition) is 4. The summed E-state index contributed by atoms with van der Waals surface area (Å²) >= 11 is 0. The van der Waals surface area contributed by atoms with Gasteiger partial charge in [0.15, 0.2) is 0 Å². The number of carbonyl (C=O) groups is 2. The fourth-order valence-corrected chi connectivity index (χ4v) is 3.18. The van der Waals surface area contributed by atoms with Crippen LogP contribution in [0, 0.1) is 0 Å². The second kappa shape index (κ2) is 5.97. The standard InChI is InChI=1S/C13H23N5O2/c19-12(10-16-4-1-2-14-3-5-16)17-6-7-18-11(9-17)8-15-13(18)20/h11,14H,1-10H2,(H,15,20). The molecule has 0 aliphatic carbocycles. The van der Waals surface area contributed by atoms with E-state index in [0.29, 0.717) is 32.7 Å². The van der Waals surface area contributed by atoms with Crippen molar-refractivity contribution in [2.24, 2.45) is 0 Å². The molecule has 3 amide bonds. The minimum absolute atomic E-state index is 0.0145. The molecule has 0 bridgehead atoms. The summed E-state index contributed by atoms with van der Waals surface area (Å²) in [6, 6.07) is 0.173. The van der Waals surface area contributed by atoms with Crippen molar-refractivity contribution in [3.63, 3.8) is 0 Å². The van der Waals surface area contributed by atoms with Gasteiger partial charge in [-0.15, -0.1) is 0 Å². The zero-order valence-electron chi connectivity index (χ0n) is 11.8. The number of carbonyl (C=O) groups excluding carboxylic acids is 2. The van der Waals surface area contributed by atoms with Crippen molar-refractivity contribution in [2.45, 2.75) is 12.5 Å². The highest BCUT2D eigenvalue weighted by atomic mass is 16.2. The van der Waals surface area contributed by atoms with Crippen molar-refractivity contribution in [3.05, 3.63) is 0 Å². The summed E-state index contributed by atoms with van der Waals surface area (Å²) in [6.45, 7) is 7.09. The normalized spacial score (nSPS) is 28.0. The first-order chi connectivity index (χ1) is 9.74. The molecule has 3 heterocycles. The highest BCUT2D eigenvalue weighted by Gasteiger charge is 2.36. The van der Waals surface area contributed by atoms with Gasteiger partial charge in [-0.25, -0.2) is 4.79 Å². The molecule has 2 N–H and O–H groups in total. The third-order valence-corrected chi connectivity index (χ3v) is 4.38. The average Bonchev–Trinajstić information content (AvgIpc) is 2.66. The molecule has 0 aromatic heterocycles. The Morgan fingerprint density at radius 1 is 1.20 bits per heavy atom. The zero-order valence-corrected chi connectivity index (χ0v) is 11.8. The summed E-state index contributed by atoms with van der Waals surface area (Å²) in [5, 5.41) is 6.19. The summed E-state index contributed by atoms with van der Waals surface area (Å²) in [5.74, 6) is 0.200. The highest BCUT2D eigenvalue weighted by molar-refractivity contribution is 5.80. The minimum Gasteiger partial charge on any atom is -0.338 e. The molecule has 0 radical (unpaired) electrons. The molecule has 0 saturated carbocycles. The van der Waals surface area contributed by atoms with Crippen molar-refractivity contribution in [1.29, 1.82) is 0 Å². The van der Waals surface area contributed by atoms with E-state index in [2.05, 4.69) is 15.5 Å². The van der Waals surface area contributed by atoms with E-state index in [1.807, 2.05) is 9.80 Å². The SMILES string of the molecule is O=C(CN1CCCNCC1)N1CCN2C(=O)NCC2C1. The monoisotopic (exact) mass is 281 g/mol. The quantitative estimate of drug-likeness (QED) is 0.648. The number of urea groups is 1. The van der Waals surface area contributed by atoms with Crippen LogP contribution in [0.15, 0.2) is 0 Å². The Bertz CT molecular complexity index is 381. The van der Waals surface area contributed by atoms with Crippen LogP contribution >= 0.6 is 0 Å². The van der Waals surface area contributed by atoms with E-state index >= 15 is 0 Å². The van der Waals surface area contributed by atoms with Crippen LogP contribution < -0.4 is 10.6 Å². The lowest BCUT2D eigenvalue weighted by molar-refractivity contribution is -0.134. The van der Waals surface area contributed by atoms with Crippen molar-refractivity contribution in [3.8, 4) is 0 Å². The Morgan fingerprint density at radius 3 is 3.00 bits per heavy atom. The second-order valence-electron chi connectivity index (χ2n) is 5.75. The average molecular weight is 281 g/mol. The van der Waals surface area contributed by atoms with Crippen molar-refractivity contribution < 1.29 is 9.59 Å². The fourth-order valence-electron chi connectivity index (χ4n) is 3.18. The van der Waals surface area contributed by atoms with E-state index < -0.39 is 0 Å². The van der Waals surface area contributed by atoms with Crippen molar-refractivity contribution in [1.82, 2.24) is 25.3 Å². The largest absolute Gasteiger partial charge is 0.338 e. The Labute approximate surface area is 119 Å². The van der Waals surface area contributed by atoms with Crippen LogP contribution in [0.4, 0.5) is 4.79 Å². The van der Waals surface area contributed by atoms with Crippen molar-refractivity contribution >= 4 is 11.9 Å². The molecule has 0 spiro atoms. The van der Waals surface area contributed by atoms with Crippen LogP contribution in [-0.2, 0) is 4.79 Å². The molecule has 7 heteroatoms. The zero-order chi connectivity index (χ0) is 13.9. The molecule has 1 unspecified atom stereocenters. The van der Waals surface area contributed by atoms with Gasteiger partial charge in [-0.3, -0.25) is 9.69 Å². The smallest absolute Gasteiger partial charge is 0.317 e. The van der Waals surface area contributed by atoms with Crippen LogP contribution in [0.3, 0.4) is 0 Å². The molecule has 20 heavy (non-hydrogen) atoms. The van der Waals surface area contributed by atoms with Gasteiger partial charge < -0.3 is 20.4 Å². The number of piperazine rings is 1. The highest BCUT2D eigenvalue weighted by Crippen LogP contribution is 2.14. The van der Waals surface area contributed by atoms with Crippen LogP contribution in [-0.4, -0.2) is 91.6 Å². The predicted molar refractivity (Wildman–Crippen MR) is 74.4 cm³/mol. The number of nitrogens with zero attached hydrogens (tertiary/aromatic N) is 3. The molecular formula is C13H23N5O2. The Morgan fingerprint density at radius 2 is 2.10 bits per heavy atom. The molecule has 7 nitrogen and oxygen atoms in total. The maximum atomic E-state index is 12.4. The number of fused-ring (bicyclic) bond motifs is 1. The first-order valence-electron chi connectivity index (χ1n) is 7.49. The van der Waals surface area contributed by atoms with E-state index in [-0.39, 0.29) is 18.0 Å². The van der Waals surface area contributed by atoms with E-state index in [4.69, 9.17) is 0 Å². The van der Waals surface area contributed by atoms with Gasteiger partial charge in [0.2, 0.25) is 5.91 Å². The van der Waals surface area contributed by atoms with Crippen LogP contribution in [0.25, 0.3) is 0 Å². The van der Waals surface area contributed by atoms with E-state index in [1.54, 1.807) is 0 Å². The lowest BCUT2D eigenvalue weighted by Gasteiger charge is -2.37. The van der Waals surface area contributed by atoms with Crippen molar-refractivity contribution in [2.75, 3.05) is 58.9 Å². The van der Waals surface area contributed by atoms with Crippen LogP contribution in [0.1, 0.15) is 6.42 Å². The number of rotatable bonds is 2. The van der Waals surface area contributed by atoms with E-state index in [9.17, 15) is 9.59 Å². The molecule has 3 aliphatic heterocycles. The van der Waals surface area contributed by atoms with E-state index in [1.165, 1.54) is 0 Å². The Kier molecular flexibility index (Phi) is 4.07. The maximum absolute atomic E-state index is 12.4. The minimum atomic E-state index is 0.0145. The van der Waals surface area contributed by atoms with Crippen LogP contribution in [0.2, 0.25) is 0 Å². The maximum Gasteiger partial charge on any atom is 0.317 e. The van der Waals surface area contributed by atoms with Crippen LogP contribution in [0.5, 0.6) is 0 Å². The number of hydrogen-bond donors (Lipinski definition) is 2. The first-order valence-corrected chi connectivity index (χ1v) is 7.49. The van der Waals surface area contributed by atoms with Gasteiger partial charge in [0.25, 0.3) is 0 Å². The van der Waals surface area contributed by atoms with Gasteiger partial charge in [-0.05, 0) is 19.5 Å². The fraction of sp³-hybridized carbons (Fsp3) is 0.846. The van der Waals surface area contributed by atoms with Gasteiger partial charge in [0, 0.05) is 39.3 Å². The Balaban J connectivity index is 1.51. The van der Waals surface area contributed by atoms with E-state index in [0.717, 1.165) is 32.6 Å². The molecule has 0 aromatic carbocycles. The van der Waals surface area contributed by atoms with Gasteiger partial charge >= 0.3 is 6.03 Å². The molecule has 112 valence electrons. The summed E-state index contributed by atoms with van der Waals surface area (Å²) in [6.07, 6.45) is 1.10. The molecular weight excluding hydrogens is 258 g/mol. The molecule has 3 rings (SSSR count). The molecule has 0 aromatic rings. The summed E-state index contributed by atoms with van der Waals surface area (Å²) < 4.78 is 0. The number of nitrogens with one attached hydrogen (secondary N) is 2. The molecule has 3 saturated heterocycles. The predicted octanol–water partition coefficient (Wildman–Crippen LogP) is -1.48. The summed E-state index contributed by atoms with van der Waals surface area (Å²) in [7, 11) is 0. The molecule has 3 aliphatic rings. The third kappa shape index (κ3) is 2.88. The number of amides is 3. The summed E-state index contributed by atoms with van der Waals surface area (Å²) in [4.78, 5) is 29.9. The Hall–Kier alpha value is -1.34. The van der Waals surface area contributed by atoms with Gasteiger partial charge in [0.05, 0.1) is 12.6 Å². The van der Waals surface area contributed by atoms with Gasteiger partial charge in [-0.2, -0.15) is 0 Å². The molecule has 3 fully saturated rings. The molecule has 1 atom stereocenters. The topological polar surface area (TPSA) is 67.9 Å². The lowest BCUT2D eigenvalue weighted by atomic mass is 10.2. The van der Waals surface area contributed by atoms with Gasteiger partial charge in [-0.1, -0.05) is 0 Å². The first kappa shape index (κ1) is 13.6. The second-order valence-corrected chi connectivity index (χ2v) is 5.75. The van der Waals surface area contributed by atoms with Gasteiger partial charge in [0.1, 0.15) is 0 Å².